The van der Waals surface area contributed by atoms with Gasteiger partial charge in [0.05, 0.1) is 10.7 Å². The van der Waals surface area contributed by atoms with E-state index in [-0.39, 0.29) is 0 Å². The lowest BCUT2D eigenvalue weighted by atomic mass is 10.1. The van der Waals surface area contributed by atoms with Crippen molar-refractivity contribution in [2.24, 2.45) is 5.92 Å². The van der Waals surface area contributed by atoms with Crippen molar-refractivity contribution < 1.29 is 0 Å². The van der Waals surface area contributed by atoms with E-state index in [1.54, 1.807) is 0 Å². The zero-order valence-corrected chi connectivity index (χ0v) is 13.1. The highest BCUT2D eigenvalue weighted by atomic mass is 35.5. The van der Waals surface area contributed by atoms with Gasteiger partial charge in [-0.2, -0.15) is 0 Å². The molecule has 1 aromatic carbocycles. The topological polar surface area (TPSA) is 29.9 Å². The normalized spacial score (nSPS) is 11.2. The second kappa shape index (κ2) is 6.91. The Hall–Kier alpha value is -1.32. The summed E-state index contributed by atoms with van der Waals surface area (Å²) in [5.74, 6) is 1.67. The molecule has 1 heterocycles. The maximum Gasteiger partial charge on any atom is 0.112 e. The highest BCUT2D eigenvalue weighted by Crippen LogP contribution is 2.25. The maximum atomic E-state index is 6.41. The molecule has 108 valence electrons. The van der Waals surface area contributed by atoms with E-state index in [9.17, 15) is 0 Å². The molecular formula is C16H22ClN3. The summed E-state index contributed by atoms with van der Waals surface area (Å²) in [6, 6.07) is 6.05. The summed E-state index contributed by atoms with van der Waals surface area (Å²) in [5, 5.41) is 4.24. The standard InChI is InChI=1S/C16H22ClN3/c1-4-15-19-8-9-20(15)16-13(6-5-7-14(16)17)11-18-10-12(2)3/h5-9,12,18H,4,10-11H2,1-3H3. The van der Waals surface area contributed by atoms with E-state index in [0.717, 1.165) is 36.0 Å². The van der Waals surface area contributed by atoms with Crippen molar-refractivity contribution in [2.75, 3.05) is 6.54 Å². The number of nitrogens with zero attached hydrogens (tertiary/aromatic N) is 2. The van der Waals surface area contributed by atoms with Gasteiger partial charge in [-0.1, -0.05) is 44.5 Å². The molecule has 0 unspecified atom stereocenters. The molecule has 0 saturated carbocycles. The predicted octanol–water partition coefficient (Wildman–Crippen LogP) is 3.83. The predicted molar refractivity (Wildman–Crippen MR) is 84.5 cm³/mol. The molecule has 0 amide bonds. The lowest BCUT2D eigenvalue weighted by Crippen LogP contribution is -2.20. The third-order valence-corrected chi connectivity index (χ3v) is 3.52. The molecule has 2 rings (SSSR count). The van der Waals surface area contributed by atoms with Crippen LogP contribution in [0.1, 0.15) is 32.2 Å². The summed E-state index contributed by atoms with van der Waals surface area (Å²) in [4.78, 5) is 4.39. The molecule has 1 aromatic heterocycles. The summed E-state index contributed by atoms with van der Waals surface area (Å²) in [5.41, 5.74) is 2.24. The molecule has 4 heteroatoms. The monoisotopic (exact) mass is 291 g/mol. The van der Waals surface area contributed by atoms with E-state index in [2.05, 4.69) is 41.7 Å². The van der Waals surface area contributed by atoms with Crippen molar-refractivity contribution in [3.05, 3.63) is 47.0 Å². The highest BCUT2D eigenvalue weighted by Gasteiger charge is 2.12. The Morgan fingerprint density at radius 2 is 2.15 bits per heavy atom. The average Bonchev–Trinajstić information content (AvgIpc) is 2.86. The van der Waals surface area contributed by atoms with Gasteiger partial charge in [-0.15, -0.1) is 0 Å². The van der Waals surface area contributed by atoms with Crippen molar-refractivity contribution in [3.63, 3.8) is 0 Å². The lowest BCUT2D eigenvalue weighted by Gasteiger charge is -2.15. The summed E-state index contributed by atoms with van der Waals surface area (Å²) in [7, 11) is 0. The fourth-order valence-electron chi connectivity index (χ4n) is 2.27. The van der Waals surface area contributed by atoms with E-state index in [4.69, 9.17) is 11.6 Å². The van der Waals surface area contributed by atoms with E-state index in [1.165, 1.54) is 5.56 Å². The minimum Gasteiger partial charge on any atom is -0.312 e. The van der Waals surface area contributed by atoms with Crippen LogP contribution >= 0.6 is 11.6 Å². The van der Waals surface area contributed by atoms with Gasteiger partial charge in [-0.3, -0.25) is 0 Å². The maximum absolute atomic E-state index is 6.41. The van der Waals surface area contributed by atoms with Crippen LogP contribution < -0.4 is 5.32 Å². The molecule has 2 aromatic rings. The van der Waals surface area contributed by atoms with Crippen LogP contribution in [-0.2, 0) is 13.0 Å². The zero-order chi connectivity index (χ0) is 14.5. The van der Waals surface area contributed by atoms with Crippen LogP contribution in [0.25, 0.3) is 5.69 Å². The van der Waals surface area contributed by atoms with Gasteiger partial charge in [0.15, 0.2) is 0 Å². The molecule has 0 fully saturated rings. The molecule has 0 aliphatic heterocycles. The van der Waals surface area contributed by atoms with Crippen LogP contribution in [0.5, 0.6) is 0 Å². The first kappa shape index (κ1) is 15.1. The van der Waals surface area contributed by atoms with Gasteiger partial charge in [0.1, 0.15) is 5.82 Å². The second-order valence-electron chi connectivity index (χ2n) is 5.34. The number of aromatic nitrogens is 2. The Kier molecular flexibility index (Phi) is 5.21. The van der Waals surface area contributed by atoms with Crippen molar-refractivity contribution in [3.8, 4) is 5.69 Å². The first-order valence-electron chi connectivity index (χ1n) is 7.14. The van der Waals surface area contributed by atoms with Crippen LogP contribution in [0.4, 0.5) is 0 Å². The molecule has 20 heavy (non-hydrogen) atoms. The summed E-state index contributed by atoms with van der Waals surface area (Å²) in [6.07, 6.45) is 4.69. The number of hydrogen-bond donors (Lipinski definition) is 1. The van der Waals surface area contributed by atoms with E-state index >= 15 is 0 Å². The highest BCUT2D eigenvalue weighted by molar-refractivity contribution is 6.32. The second-order valence-corrected chi connectivity index (χ2v) is 5.75. The number of benzene rings is 1. The molecule has 0 radical (unpaired) electrons. The fraction of sp³-hybridized carbons (Fsp3) is 0.438. The molecular weight excluding hydrogens is 270 g/mol. The SMILES string of the molecule is CCc1nccn1-c1c(Cl)cccc1CNCC(C)C. The average molecular weight is 292 g/mol. The number of hydrogen-bond acceptors (Lipinski definition) is 2. The minimum absolute atomic E-state index is 0.636. The lowest BCUT2D eigenvalue weighted by molar-refractivity contribution is 0.551. The summed E-state index contributed by atoms with van der Waals surface area (Å²) >= 11 is 6.41. The van der Waals surface area contributed by atoms with Gasteiger partial charge in [0.2, 0.25) is 0 Å². The molecule has 1 N–H and O–H groups in total. The Bertz CT molecular complexity index is 561. The van der Waals surface area contributed by atoms with Gasteiger partial charge < -0.3 is 9.88 Å². The van der Waals surface area contributed by atoms with Gasteiger partial charge >= 0.3 is 0 Å². The Labute approximate surface area is 126 Å². The van der Waals surface area contributed by atoms with Gasteiger partial charge in [0.25, 0.3) is 0 Å². The fourth-order valence-corrected chi connectivity index (χ4v) is 2.55. The quantitative estimate of drug-likeness (QED) is 0.876. The third-order valence-electron chi connectivity index (χ3n) is 3.21. The van der Waals surface area contributed by atoms with Crippen LogP contribution in [0.2, 0.25) is 5.02 Å². The van der Waals surface area contributed by atoms with Crippen molar-refractivity contribution in [2.45, 2.75) is 33.7 Å². The van der Waals surface area contributed by atoms with Crippen LogP contribution in [-0.4, -0.2) is 16.1 Å². The molecule has 0 atom stereocenters. The Morgan fingerprint density at radius 1 is 1.35 bits per heavy atom. The molecule has 0 aliphatic rings. The molecule has 0 saturated heterocycles. The van der Waals surface area contributed by atoms with E-state index in [1.807, 2.05) is 24.5 Å². The molecule has 3 nitrogen and oxygen atoms in total. The van der Waals surface area contributed by atoms with Crippen LogP contribution in [0.3, 0.4) is 0 Å². The summed E-state index contributed by atoms with van der Waals surface area (Å²) < 4.78 is 2.09. The third kappa shape index (κ3) is 3.41. The van der Waals surface area contributed by atoms with Gasteiger partial charge in [-0.05, 0) is 24.1 Å². The first-order chi connectivity index (χ1) is 9.63. The number of nitrogens with one attached hydrogen (secondary N) is 1. The number of halogens is 1. The Morgan fingerprint density at radius 3 is 2.85 bits per heavy atom. The zero-order valence-electron chi connectivity index (χ0n) is 12.4. The number of imidazole rings is 1. The Balaban J connectivity index is 2.31. The van der Waals surface area contributed by atoms with Gasteiger partial charge in [0, 0.05) is 25.4 Å². The van der Waals surface area contributed by atoms with Crippen molar-refractivity contribution in [1.29, 1.82) is 0 Å². The molecule has 0 aliphatic carbocycles. The first-order valence-corrected chi connectivity index (χ1v) is 7.52. The van der Waals surface area contributed by atoms with E-state index < -0.39 is 0 Å². The number of aryl methyl sites for hydroxylation is 1. The molecule has 0 spiro atoms. The largest absolute Gasteiger partial charge is 0.312 e. The van der Waals surface area contributed by atoms with Crippen molar-refractivity contribution in [1.82, 2.24) is 14.9 Å². The van der Waals surface area contributed by atoms with Crippen molar-refractivity contribution >= 4 is 11.6 Å². The molecule has 0 bridgehead atoms. The number of rotatable bonds is 6. The summed E-state index contributed by atoms with van der Waals surface area (Å²) in [6.45, 7) is 8.33. The minimum atomic E-state index is 0.636. The van der Waals surface area contributed by atoms with Crippen LogP contribution in [0.15, 0.2) is 30.6 Å². The van der Waals surface area contributed by atoms with Gasteiger partial charge in [-0.25, -0.2) is 4.98 Å². The smallest absolute Gasteiger partial charge is 0.112 e. The van der Waals surface area contributed by atoms with Crippen LogP contribution in [0, 0.1) is 5.92 Å². The van der Waals surface area contributed by atoms with E-state index in [0.29, 0.717) is 5.92 Å². The number of para-hydroxylation sites is 1.